The number of hydrogen-bond donors (Lipinski definition) is 1. The molecule has 0 unspecified atom stereocenters. The predicted octanol–water partition coefficient (Wildman–Crippen LogP) is 2.34. The highest BCUT2D eigenvalue weighted by Crippen LogP contribution is 2.28. The number of aliphatic hydroxyl groups excluding tert-OH is 1. The fourth-order valence-electron chi connectivity index (χ4n) is 1.69. The van der Waals surface area contributed by atoms with Crippen LogP contribution in [0.1, 0.15) is 25.5 Å². The molecular weight excluding hydrogens is 205 g/mol. The van der Waals surface area contributed by atoms with Crippen molar-refractivity contribution in [2.45, 2.75) is 20.0 Å². The molecule has 16 heavy (non-hydrogen) atoms. The maximum absolute atomic E-state index is 13.6. The zero-order valence-electron chi connectivity index (χ0n) is 9.57. The quantitative estimate of drug-likeness (QED) is 0.789. The molecule has 0 saturated heterocycles. The van der Waals surface area contributed by atoms with E-state index in [-0.39, 0.29) is 0 Å². The normalized spacial score (nSPS) is 11.9. The monoisotopic (exact) mass is 221 g/mol. The van der Waals surface area contributed by atoms with Gasteiger partial charge in [-0.2, -0.15) is 0 Å². The molecule has 2 nitrogen and oxygen atoms in total. The molecule has 0 bridgehead atoms. The van der Waals surface area contributed by atoms with Gasteiger partial charge < -0.3 is 10.0 Å². The summed E-state index contributed by atoms with van der Waals surface area (Å²) >= 11 is 0. The van der Waals surface area contributed by atoms with E-state index < -0.39 is 11.9 Å². The predicted molar refractivity (Wildman–Crippen MR) is 63.8 cm³/mol. The minimum Gasteiger partial charge on any atom is -0.389 e. The van der Waals surface area contributed by atoms with Gasteiger partial charge in [0, 0.05) is 17.8 Å². The van der Waals surface area contributed by atoms with Gasteiger partial charge in [-0.1, -0.05) is 12.0 Å². The fraction of sp³-hybridized carbons (Fsp3) is 0.385. The number of halogens is 1. The first kappa shape index (κ1) is 12.5. The van der Waals surface area contributed by atoms with E-state index in [1.54, 1.807) is 19.1 Å². The van der Waals surface area contributed by atoms with E-state index >= 15 is 0 Å². The lowest BCUT2D eigenvalue weighted by Gasteiger charge is -2.24. The zero-order chi connectivity index (χ0) is 12.1. The molecule has 0 radical (unpaired) electrons. The van der Waals surface area contributed by atoms with E-state index in [1.165, 1.54) is 6.07 Å². The van der Waals surface area contributed by atoms with Crippen LogP contribution in [0.15, 0.2) is 18.2 Å². The Morgan fingerprint density at radius 3 is 2.75 bits per heavy atom. The molecule has 0 aliphatic rings. The van der Waals surface area contributed by atoms with Crippen molar-refractivity contribution in [3.05, 3.63) is 29.6 Å². The number of anilines is 1. The number of rotatable bonds is 4. The van der Waals surface area contributed by atoms with Crippen molar-refractivity contribution >= 4 is 5.69 Å². The van der Waals surface area contributed by atoms with Gasteiger partial charge in [0.2, 0.25) is 0 Å². The van der Waals surface area contributed by atoms with E-state index in [0.29, 0.717) is 24.3 Å². The van der Waals surface area contributed by atoms with Gasteiger partial charge in [-0.3, -0.25) is 0 Å². The summed E-state index contributed by atoms with van der Waals surface area (Å²) in [7, 11) is 0. The molecule has 3 heteroatoms. The molecule has 86 valence electrons. The van der Waals surface area contributed by atoms with Crippen molar-refractivity contribution in [3.63, 3.8) is 0 Å². The van der Waals surface area contributed by atoms with Crippen LogP contribution in [-0.2, 0) is 0 Å². The maximum atomic E-state index is 13.6. The maximum Gasteiger partial charge on any atom is 0.131 e. The lowest BCUT2D eigenvalue weighted by Crippen LogP contribution is -2.25. The Balaban J connectivity index is 3.21. The van der Waals surface area contributed by atoms with E-state index in [1.807, 2.05) is 11.8 Å². The van der Waals surface area contributed by atoms with Crippen LogP contribution >= 0.6 is 0 Å². The Morgan fingerprint density at radius 2 is 2.25 bits per heavy atom. The van der Waals surface area contributed by atoms with Gasteiger partial charge in [-0.15, -0.1) is 6.42 Å². The molecule has 0 aliphatic heterocycles. The van der Waals surface area contributed by atoms with Crippen molar-refractivity contribution in [1.82, 2.24) is 0 Å². The molecule has 1 N–H and O–H groups in total. The Bertz CT molecular complexity index is 395. The summed E-state index contributed by atoms with van der Waals surface area (Å²) in [6.07, 6.45) is 4.41. The third kappa shape index (κ3) is 2.53. The number of hydrogen-bond acceptors (Lipinski definition) is 2. The summed E-state index contributed by atoms with van der Waals surface area (Å²) in [5.74, 6) is 2.12. The summed E-state index contributed by atoms with van der Waals surface area (Å²) in [5.41, 5.74) is 0.968. The summed E-state index contributed by atoms with van der Waals surface area (Å²) in [5, 5.41) is 9.58. The fourth-order valence-corrected chi connectivity index (χ4v) is 1.69. The van der Waals surface area contributed by atoms with Crippen LogP contribution in [0.2, 0.25) is 0 Å². The molecule has 1 atom stereocenters. The van der Waals surface area contributed by atoms with Crippen molar-refractivity contribution in [2.24, 2.45) is 0 Å². The van der Waals surface area contributed by atoms with E-state index in [9.17, 15) is 9.50 Å². The largest absolute Gasteiger partial charge is 0.389 e. The van der Waals surface area contributed by atoms with Crippen molar-refractivity contribution in [1.29, 1.82) is 0 Å². The third-order valence-electron chi connectivity index (χ3n) is 2.45. The molecule has 1 aromatic rings. The van der Waals surface area contributed by atoms with Crippen molar-refractivity contribution in [3.8, 4) is 12.3 Å². The average molecular weight is 221 g/mol. The Hall–Kier alpha value is -1.53. The van der Waals surface area contributed by atoms with E-state index in [4.69, 9.17) is 6.42 Å². The first-order valence-corrected chi connectivity index (χ1v) is 5.26. The van der Waals surface area contributed by atoms with Gasteiger partial charge in [0.25, 0.3) is 0 Å². The minimum absolute atomic E-state index is 0.305. The zero-order valence-corrected chi connectivity index (χ0v) is 9.57. The van der Waals surface area contributed by atoms with Crippen LogP contribution in [0, 0.1) is 18.2 Å². The van der Waals surface area contributed by atoms with E-state index in [2.05, 4.69) is 5.92 Å². The van der Waals surface area contributed by atoms with Crippen LogP contribution in [0.3, 0.4) is 0 Å². The van der Waals surface area contributed by atoms with Gasteiger partial charge in [0.05, 0.1) is 12.6 Å². The lowest BCUT2D eigenvalue weighted by atomic mass is 10.1. The van der Waals surface area contributed by atoms with Crippen LogP contribution in [0.25, 0.3) is 0 Å². The smallest absolute Gasteiger partial charge is 0.131 e. The first-order chi connectivity index (χ1) is 7.61. The van der Waals surface area contributed by atoms with Crippen molar-refractivity contribution < 1.29 is 9.50 Å². The number of benzene rings is 1. The first-order valence-electron chi connectivity index (χ1n) is 5.26. The minimum atomic E-state index is -0.844. The Kier molecular flexibility index (Phi) is 4.33. The molecule has 0 amide bonds. The highest BCUT2D eigenvalue weighted by molar-refractivity contribution is 5.55. The van der Waals surface area contributed by atoms with Crippen LogP contribution in [-0.4, -0.2) is 18.2 Å². The van der Waals surface area contributed by atoms with Crippen molar-refractivity contribution in [2.75, 3.05) is 18.0 Å². The number of terminal acetylenes is 1. The topological polar surface area (TPSA) is 23.5 Å². The molecule has 0 spiro atoms. The van der Waals surface area contributed by atoms with Gasteiger partial charge in [0.1, 0.15) is 5.82 Å². The second-order valence-electron chi connectivity index (χ2n) is 3.57. The van der Waals surface area contributed by atoms with E-state index in [0.717, 1.165) is 0 Å². The van der Waals surface area contributed by atoms with Gasteiger partial charge in [-0.25, -0.2) is 4.39 Å². The molecular formula is C13H16FNO. The van der Waals surface area contributed by atoms with Crippen LogP contribution in [0.5, 0.6) is 0 Å². The molecule has 0 saturated carbocycles. The average Bonchev–Trinajstić information content (AvgIpc) is 2.25. The number of aliphatic hydroxyl groups is 1. The molecule has 1 rings (SSSR count). The number of nitrogens with zero attached hydrogens (tertiary/aromatic N) is 1. The van der Waals surface area contributed by atoms with Crippen LogP contribution in [0.4, 0.5) is 10.1 Å². The molecule has 0 aliphatic carbocycles. The van der Waals surface area contributed by atoms with Gasteiger partial charge in [0.15, 0.2) is 0 Å². The Morgan fingerprint density at radius 1 is 1.56 bits per heavy atom. The van der Waals surface area contributed by atoms with Gasteiger partial charge in [-0.05, 0) is 26.0 Å². The third-order valence-corrected chi connectivity index (χ3v) is 2.45. The summed E-state index contributed by atoms with van der Waals surface area (Å²) in [6.45, 7) is 4.56. The molecule has 0 aromatic heterocycles. The second kappa shape index (κ2) is 5.53. The molecule has 0 heterocycles. The molecule has 1 aromatic carbocycles. The standard InChI is InChI=1S/C13H16FNO/c1-4-9-15(5-2)12-8-6-7-11(14)13(12)10(3)16/h1,6-8,10,16H,5,9H2,2-3H3/t10-/m0/s1. The SMILES string of the molecule is C#CCN(CC)c1cccc(F)c1[C@H](C)O. The summed E-state index contributed by atoms with van der Waals surface area (Å²) in [6, 6.07) is 4.73. The molecule has 0 fully saturated rings. The highest BCUT2D eigenvalue weighted by Gasteiger charge is 2.16. The van der Waals surface area contributed by atoms with Gasteiger partial charge >= 0.3 is 0 Å². The Labute approximate surface area is 95.7 Å². The highest BCUT2D eigenvalue weighted by atomic mass is 19.1. The summed E-state index contributed by atoms with van der Waals surface area (Å²) < 4.78 is 13.6. The van der Waals surface area contributed by atoms with Crippen LogP contribution < -0.4 is 4.90 Å². The summed E-state index contributed by atoms with van der Waals surface area (Å²) in [4.78, 5) is 1.85. The second-order valence-corrected chi connectivity index (χ2v) is 3.57. The lowest BCUT2D eigenvalue weighted by molar-refractivity contribution is 0.194.